The minimum atomic E-state index is -0.520. The van der Waals surface area contributed by atoms with Crippen molar-refractivity contribution in [3.05, 3.63) is 0 Å². The van der Waals surface area contributed by atoms with Crippen LogP contribution < -0.4 is 0 Å². The molecule has 0 amide bonds. The van der Waals surface area contributed by atoms with E-state index in [1.54, 1.807) is 0 Å². The van der Waals surface area contributed by atoms with Gasteiger partial charge in [0, 0.05) is 0 Å². The molecule has 0 radical (unpaired) electrons. The van der Waals surface area contributed by atoms with Crippen molar-refractivity contribution < 1.29 is 25.5 Å². The lowest BCUT2D eigenvalue weighted by Crippen LogP contribution is -2.45. The Hall–Kier alpha value is -0.200. The average molecular weight is 799 g/mol. The first-order valence-corrected chi connectivity index (χ1v) is 23.5. The van der Waals surface area contributed by atoms with Gasteiger partial charge >= 0.3 is 0 Å². The molecular weight excluding hydrogens is 693 g/mol. The number of rotatable bonds is 12. The normalized spacial score (nSPS) is 23.3. The maximum Gasteiger partial charge on any atom is 0.0675 e. The van der Waals surface area contributed by atoms with Crippen LogP contribution in [0.25, 0.3) is 0 Å². The molecule has 0 heterocycles. The number of hydrogen-bond acceptors (Lipinski definition) is 5. The van der Waals surface area contributed by atoms with Crippen LogP contribution in [-0.2, 0) is 0 Å². The van der Waals surface area contributed by atoms with Crippen LogP contribution in [0, 0.1) is 70.5 Å². The van der Waals surface area contributed by atoms with Gasteiger partial charge in [0.2, 0.25) is 0 Å². The zero-order chi connectivity index (χ0) is 44.8. The first kappa shape index (κ1) is 57.9. The van der Waals surface area contributed by atoms with Gasteiger partial charge in [-0.2, -0.15) is 0 Å². The van der Waals surface area contributed by atoms with E-state index in [-0.39, 0.29) is 16.8 Å². The third kappa shape index (κ3) is 26.1. The van der Waals surface area contributed by atoms with Crippen LogP contribution in [0.4, 0.5) is 0 Å². The zero-order valence-electron chi connectivity index (χ0n) is 42.1. The van der Waals surface area contributed by atoms with Gasteiger partial charge in [0.1, 0.15) is 0 Å². The summed E-state index contributed by atoms with van der Waals surface area (Å²) < 4.78 is 0. The lowest BCUT2D eigenvalue weighted by Gasteiger charge is -2.43. The highest BCUT2D eigenvalue weighted by Gasteiger charge is 2.48. The van der Waals surface area contributed by atoms with Gasteiger partial charge < -0.3 is 25.5 Å². The Morgan fingerprint density at radius 1 is 0.571 bits per heavy atom. The Kier molecular flexibility index (Phi) is 25.1. The summed E-state index contributed by atoms with van der Waals surface area (Å²) in [7, 11) is 0. The highest BCUT2D eigenvalue weighted by molar-refractivity contribution is 4.97. The van der Waals surface area contributed by atoms with Crippen molar-refractivity contribution in [2.45, 2.75) is 257 Å². The second-order valence-corrected chi connectivity index (χ2v) is 24.1. The van der Waals surface area contributed by atoms with Gasteiger partial charge in [-0.1, -0.05) is 118 Å². The largest absolute Gasteiger partial charge is 0.390 e. The smallest absolute Gasteiger partial charge is 0.0675 e. The summed E-state index contributed by atoms with van der Waals surface area (Å²) in [4.78, 5) is 0. The lowest BCUT2D eigenvalue weighted by atomic mass is 9.68. The van der Waals surface area contributed by atoms with Crippen molar-refractivity contribution in [3.8, 4) is 0 Å². The summed E-state index contributed by atoms with van der Waals surface area (Å²) in [5.41, 5.74) is -1.35. The van der Waals surface area contributed by atoms with E-state index in [1.165, 1.54) is 38.5 Å². The van der Waals surface area contributed by atoms with Gasteiger partial charge in [-0.25, -0.2) is 0 Å². The SMILES string of the molecule is CC(C)C(C)C(C)(C)O.CC(C)C(C)C1(O)CCC1.CC(C)C1CC1C(C)(C)O.CC(C)CC(C)(C)C.CC(C)CC(C)(O)C1CC1.CC(C)CC1(O)CCC1. The van der Waals surface area contributed by atoms with Crippen LogP contribution in [0.5, 0.6) is 0 Å². The molecule has 0 spiro atoms. The quantitative estimate of drug-likeness (QED) is 0.135. The molecule has 0 aromatic carbocycles. The van der Waals surface area contributed by atoms with E-state index in [9.17, 15) is 25.5 Å². The highest BCUT2D eigenvalue weighted by Crippen LogP contribution is 2.50. The van der Waals surface area contributed by atoms with Crippen LogP contribution in [0.15, 0.2) is 0 Å². The molecule has 0 aromatic heterocycles. The fraction of sp³-hybridized carbons (Fsp3) is 1.00. The van der Waals surface area contributed by atoms with Crippen LogP contribution in [0.2, 0.25) is 0 Å². The van der Waals surface area contributed by atoms with Gasteiger partial charge in [0.25, 0.3) is 0 Å². The van der Waals surface area contributed by atoms with Crippen molar-refractivity contribution in [2.24, 2.45) is 70.5 Å². The van der Waals surface area contributed by atoms with E-state index < -0.39 is 11.2 Å². The molecule has 0 aliphatic heterocycles. The molecule has 4 fully saturated rings. The fourth-order valence-corrected chi connectivity index (χ4v) is 8.67. The molecule has 4 aliphatic rings. The second-order valence-electron chi connectivity index (χ2n) is 24.1. The van der Waals surface area contributed by atoms with Crippen LogP contribution in [0.1, 0.15) is 229 Å². The van der Waals surface area contributed by atoms with Gasteiger partial charge in [-0.15, -0.1) is 0 Å². The molecule has 56 heavy (non-hydrogen) atoms. The summed E-state index contributed by atoms with van der Waals surface area (Å²) in [5, 5.41) is 48.3. The zero-order valence-corrected chi connectivity index (χ0v) is 42.1. The first-order chi connectivity index (χ1) is 24.9. The molecule has 5 unspecified atom stereocenters. The molecule has 5 N–H and O–H groups in total. The Balaban J connectivity index is 0. The van der Waals surface area contributed by atoms with Crippen LogP contribution >= 0.6 is 0 Å². The van der Waals surface area contributed by atoms with E-state index in [0.717, 1.165) is 56.3 Å². The van der Waals surface area contributed by atoms with Crippen molar-refractivity contribution in [3.63, 3.8) is 0 Å². The van der Waals surface area contributed by atoms with Crippen molar-refractivity contribution in [1.29, 1.82) is 0 Å². The molecule has 340 valence electrons. The van der Waals surface area contributed by atoms with E-state index >= 15 is 0 Å². The maximum absolute atomic E-state index is 9.85. The molecule has 4 saturated carbocycles. The number of aliphatic hydroxyl groups is 5. The molecule has 4 aliphatic carbocycles. The van der Waals surface area contributed by atoms with E-state index in [2.05, 4.69) is 118 Å². The predicted molar refractivity (Wildman–Crippen MR) is 246 cm³/mol. The Labute approximate surface area is 352 Å². The second kappa shape index (κ2) is 24.3. The van der Waals surface area contributed by atoms with E-state index in [4.69, 9.17) is 0 Å². The minimum Gasteiger partial charge on any atom is -0.390 e. The molecule has 5 nitrogen and oxygen atoms in total. The lowest BCUT2D eigenvalue weighted by molar-refractivity contribution is -0.0913. The summed E-state index contributed by atoms with van der Waals surface area (Å²) in [6.07, 6.45) is 13.5. The Bertz CT molecular complexity index is 991. The topological polar surface area (TPSA) is 101 Å². The molecule has 0 saturated heterocycles. The van der Waals surface area contributed by atoms with Crippen LogP contribution in [0.3, 0.4) is 0 Å². The third-order valence-electron chi connectivity index (χ3n) is 13.2. The van der Waals surface area contributed by atoms with Crippen molar-refractivity contribution in [1.82, 2.24) is 0 Å². The molecular formula is C51H106O5. The maximum atomic E-state index is 9.85. The minimum absolute atomic E-state index is 0.256. The molecule has 5 atom stereocenters. The molecule has 5 heteroatoms. The van der Waals surface area contributed by atoms with Gasteiger partial charge in [0.15, 0.2) is 0 Å². The summed E-state index contributed by atoms with van der Waals surface area (Å²) in [6.45, 7) is 46.9. The van der Waals surface area contributed by atoms with Crippen LogP contribution in [-0.4, -0.2) is 53.5 Å². The molecule has 4 rings (SSSR count). The van der Waals surface area contributed by atoms with E-state index in [0.29, 0.717) is 52.8 Å². The van der Waals surface area contributed by atoms with Crippen molar-refractivity contribution >= 4 is 0 Å². The number of hydrogen-bond donors (Lipinski definition) is 5. The Morgan fingerprint density at radius 2 is 1.00 bits per heavy atom. The Morgan fingerprint density at radius 3 is 1.11 bits per heavy atom. The van der Waals surface area contributed by atoms with Gasteiger partial charge in [0.05, 0.1) is 28.0 Å². The van der Waals surface area contributed by atoms with Crippen molar-refractivity contribution in [2.75, 3.05) is 0 Å². The average Bonchev–Trinajstić information content (AvgIpc) is 3.85. The fourth-order valence-electron chi connectivity index (χ4n) is 8.67. The molecule has 0 bridgehead atoms. The third-order valence-corrected chi connectivity index (χ3v) is 13.2. The van der Waals surface area contributed by atoms with Gasteiger partial charge in [-0.3, -0.25) is 0 Å². The predicted octanol–water partition coefficient (Wildman–Crippen LogP) is 13.5. The van der Waals surface area contributed by atoms with E-state index in [1.807, 2.05) is 34.6 Å². The summed E-state index contributed by atoms with van der Waals surface area (Å²) in [5.74, 6) is 6.83. The monoisotopic (exact) mass is 799 g/mol. The standard InChI is InChI=1S/3C9H18O.C8H16O.C8H18O.C8H18/c1-6(2)7-5-8(7)9(3,4)10;1-7(2)6-9(3,10)8-4-5-8;1-7(2)8(3)9(10)5-4-6-9;1-7(2)6-8(9)4-3-5-8;1-6(2)7(3)8(4,5)9;1-7(2)6-8(3,4)5/h6-8,10H,5H2,1-4H3;2*7-8,10H,4-6H2,1-3H3;7,9H,3-6H2,1-2H3;6-7,9H,1-5H3;7H,6H2,1-5H3. The summed E-state index contributed by atoms with van der Waals surface area (Å²) >= 11 is 0. The first-order valence-electron chi connectivity index (χ1n) is 23.5. The van der Waals surface area contributed by atoms with Gasteiger partial charge in [-0.05, 0) is 182 Å². The highest BCUT2D eigenvalue weighted by atomic mass is 16.3. The summed E-state index contributed by atoms with van der Waals surface area (Å²) in [6, 6.07) is 0. The molecule has 0 aromatic rings.